The molecule has 1 aromatic carbocycles. The molecule has 0 saturated carbocycles. The molecule has 0 atom stereocenters. The highest BCUT2D eigenvalue weighted by molar-refractivity contribution is 7.81. The van der Waals surface area contributed by atoms with Gasteiger partial charge in [-0.1, -0.05) is 12.1 Å². The van der Waals surface area contributed by atoms with E-state index >= 15 is 0 Å². The molecule has 0 amide bonds. The number of benzene rings is 1. The highest BCUT2D eigenvalue weighted by Gasteiger charge is 2.12. The van der Waals surface area contributed by atoms with Crippen LogP contribution in [0.4, 0.5) is 0 Å². The molecule has 0 unspecified atom stereocenters. The van der Waals surface area contributed by atoms with Crippen molar-refractivity contribution in [3.63, 3.8) is 0 Å². The summed E-state index contributed by atoms with van der Waals surface area (Å²) >= 11 is 0. The standard InChI is InChI=1S/C9H7NO5S/c11-9-6-3-1-2-4-7(6)10-5-8(9)15-16(12,13)14/h1-5H,(H,10,11)(H,12,13,14). The third-order valence-corrected chi connectivity index (χ3v) is 2.34. The summed E-state index contributed by atoms with van der Waals surface area (Å²) in [6.07, 6.45) is 1.08. The maximum Gasteiger partial charge on any atom is 0.446 e. The smallest absolute Gasteiger partial charge is 0.358 e. The van der Waals surface area contributed by atoms with Crippen LogP contribution in [0.15, 0.2) is 35.3 Å². The van der Waals surface area contributed by atoms with Crippen LogP contribution in [0.1, 0.15) is 0 Å². The second-order valence-electron chi connectivity index (χ2n) is 3.04. The largest absolute Gasteiger partial charge is 0.446 e. The van der Waals surface area contributed by atoms with Crippen LogP contribution >= 0.6 is 0 Å². The fraction of sp³-hybridized carbons (Fsp3) is 0. The van der Waals surface area contributed by atoms with E-state index in [2.05, 4.69) is 9.17 Å². The Labute approximate surface area is 90.4 Å². The second-order valence-corrected chi connectivity index (χ2v) is 4.06. The van der Waals surface area contributed by atoms with Gasteiger partial charge in [-0.15, -0.1) is 0 Å². The number of fused-ring (bicyclic) bond motifs is 1. The summed E-state index contributed by atoms with van der Waals surface area (Å²) in [7, 11) is -4.69. The van der Waals surface area contributed by atoms with Crippen LogP contribution in [-0.2, 0) is 10.4 Å². The van der Waals surface area contributed by atoms with E-state index in [0.29, 0.717) is 5.52 Å². The molecule has 2 N–H and O–H groups in total. The summed E-state index contributed by atoms with van der Waals surface area (Å²) in [5.41, 5.74) is -0.0536. The molecule has 0 bridgehead atoms. The minimum absolute atomic E-state index is 0.281. The number of nitrogens with one attached hydrogen (secondary N) is 1. The first-order valence-corrected chi connectivity index (χ1v) is 5.61. The SMILES string of the molecule is O=c1c(OS(=O)(=O)O)c[nH]c2ccccc12. The van der Waals surface area contributed by atoms with Crippen LogP contribution in [0, 0.1) is 0 Å². The minimum atomic E-state index is -4.69. The molecule has 16 heavy (non-hydrogen) atoms. The van der Waals surface area contributed by atoms with Crippen LogP contribution in [0.25, 0.3) is 10.9 Å². The topological polar surface area (TPSA) is 96.5 Å². The Kier molecular flexibility index (Phi) is 2.41. The number of hydrogen-bond donors (Lipinski definition) is 2. The average molecular weight is 241 g/mol. The van der Waals surface area contributed by atoms with Gasteiger partial charge in [0, 0.05) is 17.1 Å². The molecule has 2 rings (SSSR count). The van der Waals surface area contributed by atoms with Gasteiger partial charge in [-0.25, -0.2) is 0 Å². The van der Waals surface area contributed by atoms with Crippen molar-refractivity contribution in [2.24, 2.45) is 0 Å². The van der Waals surface area contributed by atoms with Crippen molar-refractivity contribution in [3.05, 3.63) is 40.7 Å². The molecule has 0 aliphatic rings. The molecule has 0 radical (unpaired) electrons. The lowest BCUT2D eigenvalue weighted by molar-refractivity contribution is 0.385. The number of aromatic amines is 1. The third-order valence-electron chi connectivity index (χ3n) is 1.95. The normalized spacial score (nSPS) is 11.6. The van der Waals surface area contributed by atoms with E-state index in [-0.39, 0.29) is 5.39 Å². The lowest BCUT2D eigenvalue weighted by Crippen LogP contribution is -2.14. The van der Waals surface area contributed by atoms with Gasteiger partial charge in [0.15, 0.2) is 0 Å². The fourth-order valence-electron chi connectivity index (χ4n) is 1.32. The average Bonchev–Trinajstić information content (AvgIpc) is 2.21. The molecule has 0 aliphatic heterocycles. The summed E-state index contributed by atoms with van der Waals surface area (Å²) in [6.45, 7) is 0. The van der Waals surface area contributed by atoms with Crippen molar-refractivity contribution in [2.75, 3.05) is 0 Å². The highest BCUT2D eigenvalue weighted by Crippen LogP contribution is 2.11. The van der Waals surface area contributed by atoms with Gasteiger partial charge in [0.05, 0.1) is 0 Å². The van der Waals surface area contributed by atoms with E-state index < -0.39 is 21.6 Å². The Hall–Kier alpha value is -1.86. The van der Waals surface area contributed by atoms with Gasteiger partial charge in [0.25, 0.3) is 0 Å². The Morgan fingerprint density at radius 2 is 1.94 bits per heavy atom. The van der Waals surface area contributed by atoms with Crippen LogP contribution in [0.3, 0.4) is 0 Å². The molecular formula is C9H7NO5S. The van der Waals surface area contributed by atoms with Gasteiger partial charge in [-0.05, 0) is 12.1 Å². The van der Waals surface area contributed by atoms with Gasteiger partial charge in [-0.3, -0.25) is 9.35 Å². The molecule has 0 spiro atoms. The number of rotatable bonds is 2. The zero-order valence-corrected chi connectivity index (χ0v) is 8.69. The first-order chi connectivity index (χ1) is 7.47. The lowest BCUT2D eigenvalue weighted by Gasteiger charge is -2.02. The molecule has 0 saturated heterocycles. The Morgan fingerprint density at radius 3 is 2.62 bits per heavy atom. The van der Waals surface area contributed by atoms with E-state index in [9.17, 15) is 13.2 Å². The number of pyridine rings is 1. The molecule has 2 aromatic rings. The highest BCUT2D eigenvalue weighted by atomic mass is 32.3. The molecule has 0 fully saturated rings. The molecule has 1 heterocycles. The molecule has 84 valence electrons. The van der Waals surface area contributed by atoms with Gasteiger partial charge in [-0.2, -0.15) is 8.42 Å². The third kappa shape index (κ3) is 2.05. The van der Waals surface area contributed by atoms with E-state index in [1.165, 1.54) is 6.07 Å². The van der Waals surface area contributed by atoms with Crippen molar-refractivity contribution in [2.45, 2.75) is 0 Å². The summed E-state index contributed by atoms with van der Waals surface area (Å²) in [4.78, 5) is 14.4. The molecule has 1 aromatic heterocycles. The Bertz CT molecular complexity index is 688. The first kappa shape index (κ1) is 10.7. The summed E-state index contributed by atoms with van der Waals surface area (Å²) in [5.74, 6) is -0.471. The number of aromatic nitrogens is 1. The lowest BCUT2D eigenvalue weighted by atomic mass is 10.2. The first-order valence-electron chi connectivity index (χ1n) is 4.25. The van der Waals surface area contributed by atoms with Gasteiger partial charge in [0.1, 0.15) is 0 Å². The molecular weight excluding hydrogens is 234 g/mol. The van der Waals surface area contributed by atoms with E-state index in [0.717, 1.165) is 6.20 Å². The number of para-hydroxylation sites is 1. The van der Waals surface area contributed by atoms with Crippen molar-refractivity contribution in [1.82, 2.24) is 4.98 Å². The van der Waals surface area contributed by atoms with Crippen LogP contribution in [0.2, 0.25) is 0 Å². The van der Waals surface area contributed by atoms with Crippen LogP contribution in [-0.4, -0.2) is 18.0 Å². The second kappa shape index (κ2) is 3.62. The van der Waals surface area contributed by atoms with E-state index in [4.69, 9.17) is 4.55 Å². The summed E-state index contributed by atoms with van der Waals surface area (Å²) in [6, 6.07) is 6.54. The predicted octanol–water partition coefficient (Wildman–Crippen LogP) is 0.710. The van der Waals surface area contributed by atoms with Crippen molar-refractivity contribution >= 4 is 21.3 Å². The van der Waals surface area contributed by atoms with Gasteiger partial charge < -0.3 is 9.17 Å². The zero-order chi connectivity index (χ0) is 11.8. The van der Waals surface area contributed by atoms with Crippen molar-refractivity contribution in [1.29, 1.82) is 0 Å². The van der Waals surface area contributed by atoms with E-state index in [1.54, 1.807) is 18.2 Å². The zero-order valence-electron chi connectivity index (χ0n) is 7.88. The molecule has 0 aliphatic carbocycles. The summed E-state index contributed by atoms with van der Waals surface area (Å²) in [5, 5.41) is 0.281. The fourth-order valence-corrected chi connectivity index (χ4v) is 1.67. The monoisotopic (exact) mass is 241 g/mol. The molecule has 6 nitrogen and oxygen atoms in total. The Balaban J connectivity index is 2.66. The quantitative estimate of drug-likeness (QED) is 0.755. The van der Waals surface area contributed by atoms with Crippen molar-refractivity contribution in [3.8, 4) is 5.75 Å². The van der Waals surface area contributed by atoms with Crippen molar-refractivity contribution < 1.29 is 17.2 Å². The molecule has 7 heteroatoms. The Morgan fingerprint density at radius 1 is 1.25 bits per heavy atom. The number of hydrogen-bond acceptors (Lipinski definition) is 4. The van der Waals surface area contributed by atoms with Gasteiger partial charge in [0.2, 0.25) is 11.2 Å². The maximum atomic E-state index is 11.7. The van der Waals surface area contributed by atoms with Gasteiger partial charge >= 0.3 is 10.4 Å². The summed E-state index contributed by atoms with van der Waals surface area (Å²) < 4.78 is 33.5. The van der Waals surface area contributed by atoms with E-state index in [1.807, 2.05) is 0 Å². The van der Waals surface area contributed by atoms with Crippen LogP contribution < -0.4 is 9.61 Å². The predicted molar refractivity (Wildman–Crippen MR) is 56.7 cm³/mol. The van der Waals surface area contributed by atoms with Crippen LogP contribution in [0.5, 0.6) is 5.75 Å². The minimum Gasteiger partial charge on any atom is -0.358 e. The maximum absolute atomic E-state index is 11.7. The number of H-pyrrole nitrogens is 1.